The average Bonchev–Trinajstić information content (AvgIpc) is 3.12. The normalized spacial score (nSPS) is 17.9. The molecule has 1 aromatic heterocycles. The topological polar surface area (TPSA) is 86.5 Å². The Hall–Kier alpha value is -2.27. The SMILES string of the molecule is COc1cccc([C@H]2O[C@H](CC(=O)O)c3nnc(C(F)(F)Cl)n3-c3ccc(Br)cc32)c1Cl. The molecule has 0 bridgehead atoms. The third-order valence-electron chi connectivity index (χ3n) is 4.90. The minimum absolute atomic E-state index is 0.118. The molecule has 4 rings (SSSR count). The van der Waals surface area contributed by atoms with Gasteiger partial charge in [0.2, 0.25) is 5.82 Å². The van der Waals surface area contributed by atoms with E-state index in [1.165, 1.54) is 7.11 Å². The lowest BCUT2D eigenvalue weighted by atomic mass is 9.99. The number of fused-ring (bicyclic) bond motifs is 3. The molecule has 1 aliphatic rings. The van der Waals surface area contributed by atoms with Crippen LogP contribution in [0.5, 0.6) is 5.75 Å². The highest BCUT2D eigenvalue weighted by molar-refractivity contribution is 9.10. The number of aliphatic carboxylic acids is 1. The van der Waals surface area contributed by atoms with Crippen molar-refractivity contribution in [1.29, 1.82) is 0 Å². The maximum atomic E-state index is 14.2. The summed E-state index contributed by atoms with van der Waals surface area (Å²) >= 11 is 15.2. The fourth-order valence-electron chi connectivity index (χ4n) is 3.59. The third-order valence-corrected chi connectivity index (χ3v) is 5.97. The number of benzene rings is 2. The molecule has 0 radical (unpaired) electrons. The van der Waals surface area contributed by atoms with Gasteiger partial charge in [-0.15, -0.1) is 10.2 Å². The molecule has 0 saturated carbocycles. The van der Waals surface area contributed by atoms with Crippen LogP contribution in [0.15, 0.2) is 40.9 Å². The molecule has 3 aromatic rings. The van der Waals surface area contributed by atoms with Gasteiger partial charge in [-0.05, 0) is 35.9 Å². The van der Waals surface area contributed by atoms with Crippen molar-refractivity contribution in [2.24, 2.45) is 0 Å². The first-order valence-electron chi connectivity index (χ1n) is 9.13. The number of rotatable bonds is 5. The minimum atomic E-state index is -3.86. The lowest BCUT2D eigenvalue weighted by molar-refractivity contribution is -0.141. The maximum Gasteiger partial charge on any atom is 0.382 e. The molecule has 168 valence electrons. The lowest BCUT2D eigenvalue weighted by Crippen LogP contribution is -2.17. The minimum Gasteiger partial charge on any atom is -0.495 e. The fraction of sp³-hybridized carbons (Fsp3) is 0.250. The van der Waals surface area contributed by atoms with Crippen molar-refractivity contribution in [3.63, 3.8) is 0 Å². The third kappa shape index (κ3) is 4.07. The van der Waals surface area contributed by atoms with E-state index in [1.807, 2.05) is 0 Å². The number of hydrogen-bond acceptors (Lipinski definition) is 5. The van der Waals surface area contributed by atoms with Gasteiger partial charge >= 0.3 is 11.4 Å². The van der Waals surface area contributed by atoms with Gasteiger partial charge in [0.05, 0.1) is 24.2 Å². The van der Waals surface area contributed by atoms with Crippen molar-refractivity contribution in [3.05, 3.63) is 68.7 Å². The van der Waals surface area contributed by atoms with E-state index in [4.69, 9.17) is 32.7 Å². The van der Waals surface area contributed by atoms with Crippen LogP contribution in [0, 0.1) is 0 Å². The van der Waals surface area contributed by atoms with Gasteiger partial charge in [-0.3, -0.25) is 9.36 Å². The summed E-state index contributed by atoms with van der Waals surface area (Å²) in [5.41, 5.74) is 1.13. The van der Waals surface area contributed by atoms with E-state index in [0.29, 0.717) is 21.3 Å². The van der Waals surface area contributed by atoms with Crippen LogP contribution in [0.4, 0.5) is 8.78 Å². The molecule has 32 heavy (non-hydrogen) atoms. The van der Waals surface area contributed by atoms with Crippen molar-refractivity contribution in [1.82, 2.24) is 14.8 Å². The zero-order valence-electron chi connectivity index (χ0n) is 16.2. The number of alkyl halides is 3. The highest BCUT2D eigenvalue weighted by Crippen LogP contribution is 2.46. The van der Waals surface area contributed by atoms with E-state index < -0.39 is 35.8 Å². The van der Waals surface area contributed by atoms with Crippen LogP contribution in [0.3, 0.4) is 0 Å². The second-order valence-corrected chi connectivity index (χ2v) is 8.65. The van der Waals surface area contributed by atoms with Gasteiger partial charge in [0, 0.05) is 15.6 Å². The van der Waals surface area contributed by atoms with E-state index in [1.54, 1.807) is 36.4 Å². The summed E-state index contributed by atoms with van der Waals surface area (Å²) in [6, 6.07) is 9.89. The Morgan fingerprint density at radius 1 is 1.31 bits per heavy atom. The molecule has 12 heteroatoms. The highest BCUT2D eigenvalue weighted by atomic mass is 79.9. The number of carbonyl (C=O) groups is 1. The van der Waals surface area contributed by atoms with Crippen molar-refractivity contribution in [2.75, 3.05) is 7.11 Å². The van der Waals surface area contributed by atoms with Crippen LogP contribution >= 0.6 is 39.1 Å². The van der Waals surface area contributed by atoms with Crippen molar-refractivity contribution >= 4 is 45.1 Å². The molecule has 7 nitrogen and oxygen atoms in total. The van der Waals surface area contributed by atoms with Crippen molar-refractivity contribution < 1.29 is 28.2 Å². The molecule has 0 aliphatic carbocycles. The second-order valence-electron chi connectivity index (χ2n) is 6.88. The van der Waals surface area contributed by atoms with Crippen LogP contribution in [0.1, 0.15) is 41.4 Å². The standard InChI is InChI=1S/C20H14BrCl2F2N3O4/c1-31-13-4-2-3-10(16(13)22)17-11-7-9(21)5-6-12(11)28-18(14(32-17)8-15(29)30)26-27-19(28)20(23,24)25/h2-7,14,17H,8H2,1H3,(H,29,30)/t14-,17-/m1/s1. The summed E-state index contributed by atoms with van der Waals surface area (Å²) in [7, 11) is 1.45. The molecule has 0 amide bonds. The van der Waals surface area contributed by atoms with Crippen LogP contribution in [0.2, 0.25) is 5.02 Å². The summed E-state index contributed by atoms with van der Waals surface area (Å²) in [5, 5.41) is 13.2. The largest absolute Gasteiger partial charge is 0.495 e. The molecular weight excluding hydrogens is 535 g/mol. The first-order valence-corrected chi connectivity index (χ1v) is 10.7. The summed E-state index contributed by atoms with van der Waals surface area (Å²) in [6.45, 7) is 0. The van der Waals surface area contributed by atoms with Gasteiger partial charge in [-0.25, -0.2) is 0 Å². The number of halogens is 5. The Balaban J connectivity index is 2.03. The summed E-state index contributed by atoms with van der Waals surface area (Å²) < 4.78 is 41.5. The Kier molecular flexibility index (Phi) is 6.15. The first kappa shape index (κ1) is 22.9. The fourth-order valence-corrected chi connectivity index (χ4v) is 4.39. The van der Waals surface area contributed by atoms with Gasteiger partial charge in [0.25, 0.3) is 0 Å². The van der Waals surface area contributed by atoms with Gasteiger partial charge in [-0.2, -0.15) is 8.78 Å². The van der Waals surface area contributed by atoms with Crippen LogP contribution in [-0.2, 0) is 14.9 Å². The van der Waals surface area contributed by atoms with Crippen molar-refractivity contribution in [3.8, 4) is 11.4 Å². The van der Waals surface area contributed by atoms with Gasteiger partial charge in [0.15, 0.2) is 5.82 Å². The van der Waals surface area contributed by atoms with Crippen LogP contribution < -0.4 is 4.74 Å². The molecule has 2 atom stereocenters. The van der Waals surface area contributed by atoms with Crippen LogP contribution in [-0.4, -0.2) is 33.0 Å². The maximum absolute atomic E-state index is 14.2. The number of methoxy groups -OCH3 is 1. The molecule has 1 N–H and O–H groups in total. The Morgan fingerprint density at radius 2 is 2.06 bits per heavy atom. The molecule has 0 fully saturated rings. The molecule has 1 aliphatic heterocycles. The molecule has 2 heterocycles. The summed E-state index contributed by atoms with van der Waals surface area (Å²) in [5.74, 6) is -1.82. The van der Waals surface area contributed by atoms with E-state index in [0.717, 1.165) is 4.57 Å². The predicted molar refractivity (Wildman–Crippen MR) is 115 cm³/mol. The Bertz CT molecular complexity index is 1200. The Morgan fingerprint density at radius 3 is 2.72 bits per heavy atom. The molecule has 0 unspecified atom stereocenters. The quantitative estimate of drug-likeness (QED) is 0.417. The lowest BCUT2D eigenvalue weighted by Gasteiger charge is -2.23. The van der Waals surface area contributed by atoms with E-state index in [9.17, 15) is 18.7 Å². The van der Waals surface area contributed by atoms with E-state index in [2.05, 4.69) is 26.1 Å². The van der Waals surface area contributed by atoms with E-state index in [-0.39, 0.29) is 16.5 Å². The van der Waals surface area contributed by atoms with Gasteiger partial charge in [0.1, 0.15) is 18.0 Å². The molecular formula is C20H14BrCl2F2N3O4. The second kappa shape index (κ2) is 8.58. The number of hydrogen-bond donors (Lipinski definition) is 1. The van der Waals surface area contributed by atoms with Gasteiger partial charge in [-0.1, -0.05) is 39.7 Å². The van der Waals surface area contributed by atoms with E-state index >= 15 is 0 Å². The van der Waals surface area contributed by atoms with Crippen molar-refractivity contribution in [2.45, 2.75) is 24.0 Å². The average molecular weight is 549 g/mol. The number of ether oxygens (including phenoxy) is 2. The predicted octanol–water partition coefficient (Wildman–Crippen LogP) is 5.62. The molecule has 0 saturated heterocycles. The summed E-state index contributed by atoms with van der Waals surface area (Å²) in [4.78, 5) is 11.6. The summed E-state index contributed by atoms with van der Waals surface area (Å²) in [6.07, 6.45) is -2.72. The zero-order chi connectivity index (χ0) is 23.2. The zero-order valence-corrected chi connectivity index (χ0v) is 19.3. The number of carboxylic acids is 1. The smallest absolute Gasteiger partial charge is 0.382 e. The monoisotopic (exact) mass is 547 g/mol. The van der Waals surface area contributed by atoms with Gasteiger partial charge < -0.3 is 14.6 Å². The number of aromatic nitrogens is 3. The molecule has 2 aromatic carbocycles. The highest BCUT2D eigenvalue weighted by Gasteiger charge is 2.42. The number of nitrogens with zero attached hydrogens (tertiary/aromatic N) is 3. The number of carboxylic acid groups (broad SMARTS) is 1. The Labute approximate surface area is 199 Å². The molecule has 0 spiro atoms. The van der Waals surface area contributed by atoms with Crippen LogP contribution in [0.25, 0.3) is 5.69 Å². The first-order chi connectivity index (χ1) is 15.1.